The van der Waals surface area contributed by atoms with Gasteiger partial charge in [-0.1, -0.05) is 17.7 Å². The predicted molar refractivity (Wildman–Crippen MR) is 56.6 cm³/mol. The zero-order chi connectivity index (χ0) is 10.7. The average Bonchev–Trinajstić information content (AvgIpc) is 2.63. The lowest BCUT2D eigenvalue weighted by molar-refractivity contribution is 0.281. The minimum atomic E-state index is 0.281. The second-order valence-corrected chi connectivity index (χ2v) is 3.46. The third-order valence-corrected chi connectivity index (χ3v) is 2.47. The maximum atomic E-state index is 9.87. The van der Waals surface area contributed by atoms with Gasteiger partial charge in [-0.05, 0) is 12.1 Å². The van der Waals surface area contributed by atoms with Gasteiger partial charge in [0.1, 0.15) is 5.58 Å². The van der Waals surface area contributed by atoms with Crippen molar-refractivity contribution in [1.82, 2.24) is 0 Å². The molecule has 1 radical (unpaired) electrons. The van der Waals surface area contributed by atoms with Gasteiger partial charge >= 0.3 is 6.47 Å². The zero-order valence-corrected chi connectivity index (χ0v) is 8.58. The van der Waals surface area contributed by atoms with Gasteiger partial charge in [0.25, 0.3) is 0 Å². The van der Waals surface area contributed by atoms with Gasteiger partial charge in [-0.25, -0.2) is 4.79 Å². The number of halogens is 1. The summed E-state index contributed by atoms with van der Waals surface area (Å²) < 4.78 is 9.83. The molecule has 0 saturated carbocycles. The zero-order valence-electron chi connectivity index (χ0n) is 7.83. The van der Waals surface area contributed by atoms with E-state index in [9.17, 15) is 4.79 Å². The van der Waals surface area contributed by atoms with Crippen molar-refractivity contribution < 1.29 is 13.9 Å². The van der Waals surface area contributed by atoms with E-state index in [2.05, 4.69) is 4.74 Å². The van der Waals surface area contributed by atoms with E-state index < -0.39 is 0 Å². The first-order chi connectivity index (χ1) is 7.33. The van der Waals surface area contributed by atoms with Crippen molar-refractivity contribution >= 4 is 29.0 Å². The van der Waals surface area contributed by atoms with E-state index in [1.165, 1.54) is 6.47 Å². The Labute approximate surface area is 91.6 Å². The Morgan fingerprint density at radius 3 is 3.13 bits per heavy atom. The van der Waals surface area contributed by atoms with Crippen LogP contribution in [0.4, 0.5) is 0 Å². The van der Waals surface area contributed by atoms with Crippen LogP contribution in [0.2, 0.25) is 5.02 Å². The van der Waals surface area contributed by atoms with Gasteiger partial charge in [0, 0.05) is 17.4 Å². The molecule has 0 aliphatic heterocycles. The van der Waals surface area contributed by atoms with Crippen LogP contribution < -0.4 is 0 Å². The lowest BCUT2D eigenvalue weighted by atomic mass is 10.1. The van der Waals surface area contributed by atoms with E-state index in [4.69, 9.17) is 16.0 Å². The predicted octanol–water partition coefficient (Wildman–Crippen LogP) is 2.71. The molecule has 0 N–H and O–H groups in total. The first-order valence-corrected chi connectivity index (χ1v) is 4.84. The number of benzene rings is 1. The summed E-state index contributed by atoms with van der Waals surface area (Å²) >= 11 is 6.04. The molecule has 0 aliphatic rings. The molecule has 0 amide bonds. The van der Waals surface area contributed by atoms with Crippen molar-refractivity contribution in [2.45, 2.75) is 6.42 Å². The Hall–Kier alpha value is -1.48. The minimum absolute atomic E-state index is 0.281. The second-order valence-electron chi connectivity index (χ2n) is 3.06. The Morgan fingerprint density at radius 1 is 1.47 bits per heavy atom. The van der Waals surface area contributed by atoms with E-state index in [0.717, 1.165) is 16.5 Å². The quantitative estimate of drug-likeness (QED) is 0.749. The van der Waals surface area contributed by atoms with Crippen LogP contribution in [0.3, 0.4) is 0 Å². The maximum absolute atomic E-state index is 9.87. The molecule has 0 aliphatic carbocycles. The highest BCUT2D eigenvalue weighted by atomic mass is 35.5. The molecule has 0 saturated heterocycles. The molecule has 0 fully saturated rings. The normalized spacial score (nSPS) is 10.5. The molecule has 3 nitrogen and oxygen atoms in total. The Bertz CT molecular complexity index is 476. The fourth-order valence-corrected chi connectivity index (χ4v) is 1.78. The van der Waals surface area contributed by atoms with Crippen LogP contribution in [0.25, 0.3) is 11.0 Å². The summed E-state index contributed by atoms with van der Waals surface area (Å²) in [5.41, 5.74) is 1.68. The summed E-state index contributed by atoms with van der Waals surface area (Å²) in [7, 11) is 0. The summed E-state index contributed by atoms with van der Waals surface area (Å²) in [5, 5.41) is 1.53. The molecular formula is C11H8ClO3. The van der Waals surface area contributed by atoms with E-state index >= 15 is 0 Å². The van der Waals surface area contributed by atoms with Crippen LogP contribution >= 0.6 is 11.6 Å². The second kappa shape index (κ2) is 4.36. The van der Waals surface area contributed by atoms with Gasteiger partial charge in [0.2, 0.25) is 0 Å². The molecule has 1 aromatic heterocycles. The molecule has 1 heterocycles. The van der Waals surface area contributed by atoms with E-state index in [1.54, 1.807) is 12.3 Å². The molecule has 4 heteroatoms. The lowest BCUT2D eigenvalue weighted by Gasteiger charge is -1.97. The van der Waals surface area contributed by atoms with Gasteiger partial charge in [-0.2, -0.15) is 0 Å². The number of hydrogen-bond acceptors (Lipinski definition) is 3. The highest BCUT2D eigenvalue weighted by Crippen LogP contribution is 2.28. The first kappa shape index (κ1) is 10.1. The number of hydrogen-bond donors (Lipinski definition) is 0. The number of furan rings is 1. The summed E-state index contributed by atoms with van der Waals surface area (Å²) in [6.07, 6.45) is 2.21. The molecule has 0 bridgehead atoms. The van der Waals surface area contributed by atoms with Crippen LogP contribution in [0, 0.1) is 0 Å². The molecule has 2 aromatic rings. The topological polar surface area (TPSA) is 39.4 Å². The highest BCUT2D eigenvalue weighted by Gasteiger charge is 2.08. The highest BCUT2D eigenvalue weighted by molar-refractivity contribution is 6.35. The molecule has 77 valence electrons. The van der Waals surface area contributed by atoms with Gasteiger partial charge in [0.05, 0.1) is 17.9 Å². The smallest absolute Gasteiger partial charge is 0.417 e. The Morgan fingerprint density at radius 2 is 2.33 bits per heavy atom. The molecule has 0 unspecified atom stereocenters. The van der Waals surface area contributed by atoms with Crippen molar-refractivity contribution in [3.63, 3.8) is 0 Å². The number of carbonyl (C=O) groups excluding carboxylic acids is 1. The largest absolute Gasteiger partial charge is 0.464 e. The third kappa shape index (κ3) is 1.97. The summed E-state index contributed by atoms with van der Waals surface area (Å²) in [5.74, 6) is 0. The maximum Gasteiger partial charge on any atom is 0.417 e. The monoisotopic (exact) mass is 223 g/mol. The summed E-state index contributed by atoms with van der Waals surface area (Å²) in [6, 6.07) is 5.47. The van der Waals surface area contributed by atoms with E-state index in [0.29, 0.717) is 11.4 Å². The van der Waals surface area contributed by atoms with Crippen LogP contribution in [-0.4, -0.2) is 13.1 Å². The molecule has 15 heavy (non-hydrogen) atoms. The van der Waals surface area contributed by atoms with Crippen molar-refractivity contribution in [3.8, 4) is 0 Å². The minimum Gasteiger partial charge on any atom is -0.464 e. The SMILES string of the molecule is O=[C]OCCc1coc2cccc(Cl)c12. The number of rotatable bonds is 4. The number of ether oxygens (including phenoxy) is 1. The third-order valence-electron chi connectivity index (χ3n) is 2.16. The lowest BCUT2D eigenvalue weighted by Crippen LogP contribution is -1.95. The summed E-state index contributed by atoms with van der Waals surface area (Å²) in [4.78, 5) is 9.87. The average molecular weight is 224 g/mol. The number of fused-ring (bicyclic) bond motifs is 1. The van der Waals surface area contributed by atoms with Crippen molar-refractivity contribution in [2.24, 2.45) is 0 Å². The van der Waals surface area contributed by atoms with Gasteiger partial charge in [0.15, 0.2) is 0 Å². The standard InChI is InChI=1S/C11H8ClO3/c12-9-2-1-3-10-11(9)8(6-15-10)4-5-14-7-13/h1-3,6H,4-5H2. The molecule has 0 atom stereocenters. The van der Waals surface area contributed by atoms with Crippen LogP contribution in [0.1, 0.15) is 5.56 Å². The van der Waals surface area contributed by atoms with E-state index in [-0.39, 0.29) is 6.61 Å². The van der Waals surface area contributed by atoms with E-state index in [1.807, 2.05) is 12.1 Å². The Balaban J connectivity index is 2.31. The Kier molecular flexibility index (Phi) is 2.92. The molecular weight excluding hydrogens is 216 g/mol. The molecule has 1 aromatic carbocycles. The fraction of sp³-hybridized carbons (Fsp3) is 0.182. The van der Waals surface area contributed by atoms with Gasteiger partial charge in [-0.3, -0.25) is 0 Å². The van der Waals surface area contributed by atoms with Crippen LogP contribution in [0.5, 0.6) is 0 Å². The van der Waals surface area contributed by atoms with Crippen molar-refractivity contribution in [1.29, 1.82) is 0 Å². The van der Waals surface area contributed by atoms with Gasteiger partial charge < -0.3 is 9.15 Å². The molecule has 2 rings (SSSR count). The fourth-order valence-electron chi connectivity index (χ4n) is 1.49. The van der Waals surface area contributed by atoms with Crippen molar-refractivity contribution in [2.75, 3.05) is 6.61 Å². The van der Waals surface area contributed by atoms with Crippen LogP contribution in [0.15, 0.2) is 28.9 Å². The van der Waals surface area contributed by atoms with Crippen molar-refractivity contribution in [3.05, 3.63) is 35.0 Å². The van der Waals surface area contributed by atoms with Gasteiger partial charge in [-0.15, -0.1) is 0 Å². The first-order valence-electron chi connectivity index (χ1n) is 4.46. The van der Waals surface area contributed by atoms with Crippen LogP contribution in [-0.2, 0) is 16.0 Å². The molecule has 0 spiro atoms. The summed E-state index contributed by atoms with van der Waals surface area (Å²) in [6.45, 7) is 1.66.